The second-order valence-corrected chi connectivity index (χ2v) is 5.48. The summed E-state index contributed by atoms with van der Waals surface area (Å²) in [5.41, 5.74) is 7.10. The fourth-order valence-corrected chi connectivity index (χ4v) is 3.14. The molecule has 2 rings (SSSR count). The number of nitrogens with two attached hydrogens (primary N) is 1. The van der Waals surface area contributed by atoms with Gasteiger partial charge in [-0.15, -0.1) is 0 Å². The summed E-state index contributed by atoms with van der Waals surface area (Å²) in [7, 11) is 0. The van der Waals surface area contributed by atoms with Gasteiger partial charge >= 0.3 is 0 Å². The van der Waals surface area contributed by atoms with E-state index in [4.69, 9.17) is 5.73 Å². The lowest BCUT2D eigenvalue weighted by Crippen LogP contribution is -2.15. The summed E-state index contributed by atoms with van der Waals surface area (Å²) in [4.78, 5) is 4.21. The van der Waals surface area contributed by atoms with E-state index in [-0.39, 0.29) is 6.04 Å². The van der Waals surface area contributed by atoms with E-state index in [1.807, 2.05) is 31.2 Å². The number of imidazole rings is 1. The van der Waals surface area contributed by atoms with E-state index in [1.165, 1.54) is 25.0 Å². The number of rotatable bonds is 3. The topological polar surface area (TPSA) is 43.8 Å². The molecule has 0 bridgehead atoms. The Bertz CT molecular complexity index is 321. The van der Waals surface area contributed by atoms with Gasteiger partial charge in [-0.05, 0) is 32.4 Å². The fraction of sp³-hybridized carbons (Fsp3) is 0.727. The van der Waals surface area contributed by atoms with Crippen LogP contribution in [0.2, 0.25) is 0 Å². The molecule has 2 unspecified atom stereocenters. The molecule has 0 aliphatic heterocycles. The Kier molecular flexibility index (Phi) is 3.36. The molecular weight excluding hydrogens is 206 g/mol. The molecule has 3 atom stereocenters. The van der Waals surface area contributed by atoms with Crippen molar-refractivity contribution < 1.29 is 0 Å². The average Bonchev–Trinajstić information content (AvgIpc) is 2.85. The highest BCUT2D eigenvalue weighted by Gasteiger charge is 2.26. The summed E-state index contributed by atoms with van der Waals surface area (Å²) in [6.45, 7) is 2.02. The lowest BCUT2D eigenvalue weighted by molar-refractivity contribution is 0.489. The number of hydrogen-bond acceptors (Lipinski definition) is 3. The van der Waals surface area contributed by atoms with Crippen molar-refractivity contribution >= 4 is 11.8 Å². The third-order valence-electron chi connectivity index (χ3n) is 3.25. The van der Waals surface area contributed by atoms with E-state index in [0.717, 1.165) is 5.25 Å². The highest BCUT2D eigenvalue weighted by molar-refractivity contribution is 7.99. The molecule has 0 spiro atoms. The monoisotopic (exact) mass is 225 g/mol. The Labute approximate surface area is 95.4 Å². The minimum atomic E-state index is 0.0841. The van der Waals surface area contributed by atoms with Crippen molar-refractivity contribution in [1.82, 2.24) is 9.55 Å². The van der Waals surface area contributed by atoms with E-state index < -0.39 is 0 Å². The molecule has 3 nitrogen and oxygen atoms in total. The molecule has 1 aliphatic rings. The molecule has 2 N–H and O–H groups in total. The summed E-state index contributed by atoms with van der Waals surface area (Å²) >= 11 is 1.98. The van der Waals surface area contributed by atoms with E-state index in [1.54, 1.807) is 0 Å². The predicted octanol–water partition coefficient (Wildman–Crippen LogP) is 2.36. The van der Waals surface area contributed by atoms with Crippen molar-refractivity contribution in [3.63, 3.8) is 0 Å². The summed E-state index contributed by atoms with van der Waals surface area (Å²) in [6.07, 6.45) is 9.89. The third kappa shape index (κ3) is 2.21. The fourth-order valence-electron chi connectivity index (χ4n) is 2.36. The lowest BCUT2D eigenvalue weighted by Gasteiger charge is -2.17. The van der Waals surface area contributed by atoms with Crippen LogP contribution in [-0.4, -0.2) is 21.1 Å². The van der Waals surface area contributed by atoms with Crippen LogP contribution in [0.3, 0.4) is 0 Å². The van der Waals surface area contributed by atoms with Gasteiger partial charge in [0.25, 0.3) is 0 Å². The average molecular weight is 225 g/mol. The first-order valence-electron chi connectivity index (χ1n) is 5.52. The van der Waals surface area contributed by atoms with E-state index >= 15 is 0 Å². The molecule has 1 aliphatic carbocycles. The summed E-state index contributed by atoms with van der Waals surface area (Å²) in [5.74, 6) is 0. The van der Waals surface area contributed by atoms with Gasteiger partial charge in [-0.2, -0.15) is 11.8 Å². The van der Waals surface area contributed by atoms with Crippen LogP contribution in [0.15, 0.2) is 12.5 Å². The third-order valence-corrected chi connectivity index (χ3v) is 4.34. The van der Waals surface area contributed by atoms with Gasteiger partial charge in [0, 0.05) is 23.5 Å². The van der Waals surface area contributed by atoms with Crippen molar-refractivity contribution in [3.8, 4) is 0 Å². The Morgan fingerprint density at radius 2 is 2.40 bits per heavy atom. The molecule has 1 heterocycles. The molecule has 0 aromatic carbocycles. The quantitative estimate of drug-likeness (QED) is 0.859. The zero-order valence-electron chi connectivity index (χ0n) is 9.39. The van der Waals surface area contributed by atoms with Gasteiger partial charge in [0.05, 0.1) is 12.0 Å². The van der Waals surface area contributed by atoms with Gasteiger partial charge in [-0.3, -0.25) is 0 Å². The van der Waals surface area contributed by atoms with E-state index in [2.05, 4.69) is 15.8 Å². The van der Waals surface area contributed by atoms with E-state index in [0.29, 0.717) is 6.04 Å². The molecule has 1 fully saturated rings. The van der Waals surface area contributed by atoms with Crippen LogP contribution in [0.1, 0.15) is 44.0 Å². The summed E-state index contributed by atoms with van der Waals surface area (Å²) in [6, 6.07) is 0.701. The molecule has 4 heteroatoms. The van der Waals surface area contributed by atoms with Gasteiger partial charge < -0.3 is 10.3 Å². The largest absolute Gasteiger partial charge is 0.330 e. The molecule has 0 saturated heterocycles. The number of nitrogens with zero attached hydrogens (tertiary/aromatic N) is 2. The van der Waals surface area contributed by atoms with Crippen molar-refractivity contribution in [3.05, 3.63) is 18.2 Å². The van der Waals surface area contributed by atoms with Crippen LogP contribution >= 0.6 is 11.8 Å². The Balaban J connectivity index is 2.13. The molecule has 1 aromatic heterocycles. The molecule has 1 saturated carbocycles. The molecular formula is C11H19N3S. The maximum Gasteiger partial charge on any atom is 0.0951 e. The molecule has 0 radical (unpaired) electrons. The number of hydrogen-bond donors (Lipinski definition) is 1. The Morgan fingerprint density at radius 1 is 1.60 bits per heavy atom. The Morgan fingerprint density at radius 3 is 3.00 bits per heavy atom. The van der Waals surface area contributed by atoms with Crippen molar-refractivity contribution in [2.24, 2.45) is 5.73 Å². The van der Waals surface area contributed by atoms with Gasteiger partial charge in [0.2, 0.25) is 0 Å². The zero-order valence-corrected chi connectivity index (χ0v) is 10.2. The lowest BCUT2D eigenvalue weighted by atomic mass is 10.2. The van der Waals surface area contributed by atoms with Crippen LogP contribution < -0.4 is 5.73 Å². The standard InChI is InChI=1S/C11H19N3S/c1-8(12)11-6-13-7-14(11)9-3-4-10(5-9)15-2/h6-10H,3-5,12H2,1-2H3/t8-,9?,10?/m0/s1. The first kappa shape index (κ1) is 11.0. The van der Waals surface area contributed by atoms with Crippen LogP contribution in [-0.2, 0) is 0 Å². The molecule has 15 heavy (non-hydrogen) atoms. The summed E-state index contributed by atoms with van der Waals surface area (Å²) < 4.78 is 2.28. The maximum atomic E-state index is 5.93. The first-order valence-corrected chi connectivity index (χ1v) is 6.81. The predicted molar refractivity (Wildman–Crippen MR) is 65.0 cm³/mol. The Hall–Kier alpha value is -0.480. The molecule has 0 amide bonds. The highest BCUT2D eigenvalue weighted by Crippen LogP contribution is 2.37. The van der Waals surface area contributed by atoms with Gasteiger partial charge in [0.1, 0.15) is 0 Å². The normalized spacial score (nSPS) is 28.2. The zero-order chi connectivity index (χ0) is 10.8. The highest BCUT2D eigenvalue weighted by atomic mass is 32.2. The molecule has 84 valence electrons. The van der Waals surface area contributed by atoms with Crippen LogP contribution in [0.5, 0.6) is 0 Å². The number of aromatic nitrogens is 2. The second-order valence-electron chi connectivity index (χ2n) is 4.34. The van der Waals surface area contributed by atoms with Crippen LogP contribution in [0.4, 0.5) is 0 Å². The van der Waals surface area contributed by atoms with Crippen LogP contribution in [0, 0.1) is 0 Å². The smallest absolute Gasteiger partial charge is 0.0951 e. The van der Waals surface area contributed by atoms with Gasteiger partial charge in [0.15, 0.2) is 0 Å². The van der Waals surface area contributed by atoms with Gasteiger partial charge in [-0.1, -0.05) is 0 Å². The van der Waals surface area contributed by atoms with Crippen molar-refractivity contribution in [2.45, 2.75) is 43.5 Å². The minimum Gasteiger partial charge on any atom is -0.330 e. The van der Waals surface area contributed by atoms with Gasteiger partial charge in [-0.25, -0.2) is 4.98 Å². The first-order chi connectivity index (χ1) is 7.22. The number of thioether (sulfide) groups is 1. The van der Waals surface area contributed by atoms with Crippen molar-refractivity contribution in [1.29, 1.82) is 0 Å². The summed E-state index contributed by atoms with van der Waals surface area (Å²) in [5, 5.41) is 0.818. The minimum absolute atomic E-state index is 0.0841. The maximum absolute atomic E-state index is 5.93. The second kappa shape index (κ2) is 4.58. The molecule has 1 aromatic rings. The van der Waals surface area contributed by atoms with Crippen LogP contribution in [0.25, 0.3) is 0 Å². The van der Waals surface area contributed by atoms with E-state index in [9.17, 15) is 0 Å². The SMILES string of the molecule is CSC1CCC(n2cncc2[C@H](C)N)C1. The van der Waals surface area contributed by atoms with Crippen molar-refractivity contribution in [2.75, 3.05) is 6.26 Å².